The van der Waals surface area contributed by atoms with Gasteiger partial charge in [0, 0.05) is 35.9 Å². The molecule has 4 N–H and O–H groups in total. The van der Waals surface area contributed by atoms with Crippen LogP contribution in [-0.4, -0.2) is 95.9 Å². The minimum atomic E-state index is -5.15. The van der Waals surface area contributed by atoms with Crippen molar-refractivity contribution in [1.29, 1.82) is 0 Å². The maximum atomic E-state index is 11.5. The smallest absolute Gasteiger partial charge is 0.414 e. The van der Waals surface area contributed by atoms with Crippen LogP contribution in [0.15, 0.2) is 46.4 Å². The fraction of sp³-hybridized carbons (Fsp3) is 0.600. The third kappa shape index (κ3) is 21.8. The molecule has 0 heterocycles. The fourth-order valence-corrected chi connectivity index (χ4v) is 4.98. The topological polar surface area (TPSA) is 115 Å². The Kier molecular flexibility index (Phi) is 23.0. The number of alkyl halides is 12. The van der Waals surface area contributed by atoms with Crippen molar-refractivity contribution in [3.05, 3.63) is 58.7 Å². The zero-order valence-corrected chi connectivity index (χ0v) is 33.7. The van der Waals surface area contributed by atoms with Gasteiger partial charge in [-0.05, 0) is 89.4 Å². The minimum Gasteiger partial charge on any atom is -0.418 e. The molecule has 4 atom stereocenters. The summed E-state index contributed by atoms with van der Waals surface area (Å²) in [4.78, 5) is 10.1. The monoisotopic (exact) mass is 890 g/mol. The molecule has 0 aliphatic rings. The molecule has 7 nitrogen and oxygen atoms in total. The molecule has 0 aliphatic carbocycles. The van der Waals surface area contributed by atoms with E-state index in [9.17, 15) is 52.7 Å². The average molecular weight is 892 g/mol. The molecule has 0 saturated heterocycles. The average Bonchev–Trinajstić information content (AvgIpc) is 3.00. The number of para-hydroxylation sites is 2. The Bertz CT molecular complexity index is 1430. The second-order valence-corrected chi connectivity index (χ2v) is 18.0. The van der Waals surface area contributed by atoms with E-state index in [-0.39, 0.29) is 16.5 Å². The molecule has 0 fully saturated rings. The van der Waals surface area contributed by atoms with Crippen molar-refractivity contribution in [2.45, 2.75) is 129 Å². The maximum absolute atomic E-state index is 11.5. The third-order valence-corrected chi connectivity index (χ3v) is 8.39. The Labute approximate surface area is 329 Å². The normalized spacial score (nSPS) is 15.4. The first-order valence-corrected chi connectivity index (χ1v) is 20.0. The van der Waals surface area contributed by atoms with E-state index in [0.717, 1.165) is 42.2 Å². The van der Waals surface area contributed by atoms with Crippen molar-refractivity contribution in [1.82, 2.24) is 0 Å². The van der Waals surface area contributed by atoms with Crippen molar-refractivity contribution in [3.8, 4) is 0 Å². The molecule has 326 valence electrons. The van der Waals surface area contributed by atoms with E-state index in [0.29, 0.717) is 0 Å². The summed E-state index contributed by atoms with van der Waals surface area (Å²) in [6, 6.07) is 12.6. The van der Waals surface area contributed by atoms with Crippen LogP contribution in [0.3, 0.4) is 0 Å². The molecule has 0 spiro atoms. The summed E-state index contributed by atoms with van der Waals surface area (Å²) in [5.74, 6) is 0. The van der Waals surface area contributed by atoms with Gasteiger partial charge in [0.1, 0.15) is 0 Å². The van der Waals surface area contributed by atoms with Crippen LogP contribution in [0.25, 0.3) is 0 Å². The molecular formula is C35H48F12N2NiO5Si. The molecule has 2 aromatic rings. The molecular weight excluding hydrogens is 843 g/mol. The minimum absolute atomic E-state index is 0. The van der Waals surface area contributed by atoms with Gasteiger partial charge in [-0.2, -0.15) is 52.7 Å². The van der Waals surface area contributed by atoms with Gasteiger partial charge in [-0.15, -0.1) is 0 Å². The number of hydrogen-bond acceptors (Lipinski definition) is 7. The van der Waals surface area contributed by atoms with Crippen LogP contribution < -0.4 is 0 Å². The van der Waals surface area contributed by atoms with Gasteiger partial charge in [0.2, 0.25) is 0 Å². The zero-order chi connectivity index (χ0) is 43.3. The standard InChI is InChI=1S/C25H36N2OSi.2C5H6F6O2.Ni/c1-18-12-9-13-19(2)24(18)26-22(5)23(16-11-17-28-29(6,7)8)27-25-20(3)14-10-15-21(25)4;2*6-4(7,8)2(12)1-3(13)5(9,10)11;/h9-10,12-15H,11,16-17H2,1-8H3;2*2-3,12-13H,1H2;. The van der Waals surface area contributed by atoms with Gasteiger partial charge in [-0.3, -0.25) is 9.98 Å². The SMILES string of the molecule is CC(=Nc1c(C)cccc1C)C(CCCO[Si](C)(C)C)=Nc1c(C)cccc1C.OC(CC(O)C(F)(F)F)C(F)(F)F.OC(CC(O)C(F)(F)F)C(F)(F)F.[Ni]. The summed E-state index contributed by atoms with van der Waals surface area (Å²) >= 11 is 0. The number of hydrogen-bond donors (Lipinski definition) is 4. The Hall–Kier alpha value is -2.55. The first-order valence-electron chi connectivity index (χ1n) is 16.6. The van der Waals surface area contributed by atoms with E-state index in [4.69, 9.17) is 34.8 Å². The van der Waals surface area contributed by atoms with Gasteiger partial charge in [-0.1, -0.05) is 36.4 Å². The summed E-state index contributed by atoms with van der Waals surface area (Å²) in [6.07, 6.45) is -35.0. The van der Waals surface area contributed by atoms with E-state index in [1.165, 1.54) is 22.3 Å². The van der Waals surface area contributed by atoms with Crippen molar-refractivity contribution >= 4 is 31.1 Å². The fourth-order valence-electron chi connectivity index (χ4n) is 4.22. The van der Waals surface area contributed by atoms with E-state index in [2.05, 4.69) is 90.7 Å². The molecule has 2 rings (SSSR count). The van der Waals surface area contributed by atoms with Gasteiger partial charge in [-0.25, -0.2) is 0 Å². The van der Waals surface area contributed by atoms with E-state index in [1.54, 1.807) is 0 Å². The summed E-state index contributed by atoms with van der Waals surface area (Å²) in [5.41, 5.74) is 8.92. The van der Waals surface area contributed by atoms with Gasteiger partial charge in [0.15, 0.2) is 32.7 Å². The molecule has 0 aromatic heterocycles. The van der Waals surface area contributed by atoms with Crippen LogP contribution in [0.4, 0.5) is 64.1 Å². The van der Waals surface area contributed by atoms with Crippen molar-refractivity contribution in [3.63, 3.8) is 0 Å². The summed E-state index contributed by atoms with van der Waals surface area (Å²) in [6.45, 7) is 18.0. The Morgan fingerprint density at radius 3 is 1.14 bits per heavy atom. The molecule has 21 heteroatoms. The number of aliphatic hydroxyl groups is 4. The van der Waals surface area contributed by atoms with E-state index in [1.807, 2.05) is 0 Å². The van der Waals surface area contributed by atoms with Gasteiger partial charge >= 0.3 is 24.7 Å². The summed E-state index contributed by atoms with van der Waals surface area (Å²) in [7, 11) is -1.49. The number of aliphatic hydroxyl groups excluding tert-OH is 4. The first kappa shape index (κ1) is 55.5. The zero-order valence-electron chi connectivity index (χ0n) is 31.8. The summed E-state index contributed by atoms with van der Waals surface area (Å²) in [5, 5.41) is 32.5. The van der Waals surface area contributed by atoms with E-state index < -0.39 is 70.3 Å². The second kappa shape index (κ2) is 23.1. The van der Waals surface area contributed by atoms with Crippen LogP contribution in [0.2, 0.25) is 19.6 Å². The quantitative estimate of drug-likeness (QED) is 0.0734. The Morgan fingerprint density at radius 1 is 0.589 bits per heavy atom. The molecule has 56 heavy (non-hydrogen) atoms. The predicted octanol–water partition coefficient (Wildman–Crippen LogP) is 9.86. The van der Waals surface area contributed by atoms with Crippen LogP contribution in [0.1, 0.15) is 54.9 Å². The Balaban J connectivity index is 0. The third-order valence-electron chi connectivity index (χ3n) is 7.32. The predicted molar refractivity (Wildman–Crippen MR) is 188 cm³/mol. The molecule has 0 radical (unpaired) electrons. The second-order valence-electron chi connectivity index (χ2n) is 13.5. The number of benzene rings is 2. The van der Waals surface area contributed by atoms with Crippen molar-refractivity contribution in [2.75, 3.05) is 6.61 Å². The van der Waals surface area contributed by atoms with E-state index >= 15 is 0 Å². The van der Waals surface area contributed by atoms with Gasteiger partial charge in [0.05, 0.1) is 22.8 Å². The maximum Gasteiger partial charge on any atom is 0.414 e. The molecule has 0 amide bonds. The number of aryl methyl sites for hydroxylation is 4. The van der Waals surface area contributed by atoms with Crippen molar-refractivity contribution in [2.24, 2.45) is 9.98 Å². The number of halogens is 12. The van der Waals surface area contributed by atoms with Crippen LogP contribution in [-0.2, 0) is 20.9 Å². The number of nitrogens with zero attached hydrogens (tertiary/aromatic N) is 2. The molecule has 2 aromatic carbocycles. The summed E-state index contributed by atoms with van der Waals surface area (Å²) < 4.78 is 144. The van der Waals surface area contributed by atoms with Crippen molar-refractivity contribution < 1.29 is 94.0 Å². The van der Waals surface area contributed by atoms with Crippen LogP contribution >= 0.6 is 0 Å². The molecule has 4 unspecified atom stereocenters. The largest absolute Gasteiger partial charge is 0.418 e. The molecule has 0 bridgehead atoms. The number of aliphatic imine (C=N–C) groups is 2. The number of rotatable bonds is 12. The van der Waals surface area contributed by atoms with Crippen LogP contribution in [0.5, 0.6) is 0 Å². The first-order chi connectivity index (χ1) is 24.7. The molecule has 0 aliphatic heterocycles. The Morgan fingerprint density at radius 2 is 0.875 bits per heavy atom. The van der Waals surface area contributed by atoms with Crippen LogP contribution in [0, 0.1) is 27.7 Å². The van der Waals surface area contributed by atoms with Gasteiger partial charge in [0.25, 0.3) is 0 Å². The molecule has 0 saturated carbocycles. The van der Waals surface area contributed by atoms with Gasteiger partial charge < -0.3 is 24.9 Å².